The second-order valence-electron chi connectivity index (χ2n) is 4.69. The molecule has 0 fully saturated rings. The highest BCUT2D eigenvalue weighted by atomic mass is 19.1. The van der Waals surface area contributed by atoms with Gasteiger partial charge in [-0.2, -0.15) is 0 Å². The summed E-state index contributed by atoms with van der Waals surface area (Å²) in [5.74, 6) is -0.343. The Labute approximate surface area is 118 Å². The molecule has 0 spiro atoms. The van der Waals surface area contributed by atoms with E-state index in [2.05, 4.69) is 5.32 Å². The van der Waals surface area contributed by atoms with E-state index in [1.165, 1.54) is 18.2 Å². The third-order valence-corrected chi connectivity index (χ3v) is 2.87. The van der Waals surface area contributed by atoms with Gasteiger partial charge in [-0.1, -0.05) is 29.8 Å². The van der Waals surface area contributed by atoms with Gasteiger partial charge >= 0.3 is 0 Å². The predicted octanol–water partition coefficient (Wildman–Crippen LogP) is 4.33. The van der Waals surface area contributed by atoms with Crippen molar-refractivity contribution >= 4 is 11.5 Å². The zero-order valence-corrected chi connectivity index (χ0v) is 11.5. The third-order valence-electron chi connectivity index (χ3n) is 2.87. The van der Waals surface area contributed by atoms with Gasteiger partial charge in [-0.15, -0.1) is 0 Å². The van der Waals surface area contributed by atoms with Crippen molar-refractivity contribution in [3.8, 4) is 0 Å². The molecule has 2 rings (SSSR count). The number of rotatable bonds is 4. The van der Waals surface area contributed by atoms with Gasteiger partial charge in [0.05, 0.1) is 0 Å². The van der Waals surface area contributed by atoms with Crippen LogP contribution in [0.1, 0.15) is 22.8 Å². The van der Waals surface area contributed by atoms with Crippen LogP contribution in [0.2, 0.25) is 0 Å². The second-order valence-corrected chi connectivity index (χ2v) is 4.69. The Morgan fingerprint density at radius 2 is 1.65 bits per heavy atom. The van der Waals surface area contributed by atoms with Crippen LogP contribution in [-0.4, -0.2) is 5.78 Å². The van der Waals surface area contributed by atoms with Crippen molar-refractivity contribution in [3.05, 3.63) is 77.2 Å². The predicted molar refractivity (Wildman–Crippen MR) is 79.3 cm³/mol. The molecule has 0 atom stereocenters. The Bertz CT molecular complexity index is 627. The molecule has 0 amide bonds. The number of hydrogen-bond acceptors (Lipinski definition) is 2. The number of anilines is 1. The molecule has 0 bridgehead atoms. The van der Waals surface area contributed by atoms with Crippen LogP contribution < -0.4 is 5.32 Å². The van der Waals surface area contributed by atoms with Crippen LogP contribution in [0.25, 0.3) is 0 Å². The van der Waals surface area contributed by atoms with Crippen molar-refractivity contribution in [2.75, 3.05) is 5.32 Å². The van der Waals surface area contributed by atoms with Gasteiger partial charge in [0, 0.05) is 23.0 Å². The van der Waals surface area contributed by atoms with Crippen molar-refractivity contribution in [2.45, 2.75) is 13.8 Å². The molecule has 0 saturated heterocycles. The van der Waals surface area contributed by atoms with Gasteiger partial charge < -0.3 is 5.32 Å². The number of carbonyl (C=O) groups excluding carboxylic acids is 1. The largest absolute Gasteiger partial charge is 0.359 e. The lowest BCUT2D eigenvalue weighted by atomic mass is 10.1. The summed E-state index contributed by atoms with van der Waals surface area (Å²) in [7, 11) is 0. The lowest BCUT2D eigenvalue weighted by Crippen LogP contribution is -2.01. The van der Waals surface area contributed by atoms with Crippen LogP contribution in [-0.2, 0) is 0 Å². The number of ketones is 1. The van der Waals surface area contributed by atoms with Crippen molar-refractivity contribution in [1.82, 2.24) is 0 Å². The average molecular weight is 269 g/mol. The molecule has 2 aromatic rings. The Hall–Kier alpha value is -2.42. The van der Waals surface area contributed by atoms with Gasteiger partial charge in [0.25, 0.3) is 0 Å². The summed E-state index contributed by atoms with van der Waals surface area (Å²) in [6.07, 6.45) is 1.54. The first-order valence-electron chi connectivity index (χ1n) is 6.36. The Morgan fingerprint density at radius 1 is 1.05 bits per heavy atom. The fraction of sp³-hybridized carbons (Fsp3) is 0.118. The van der Waals surface area contributed by atoms with Gasteiger partial charge in [-0.05, 0) is 38.1 Å². The molecule has 2 nitrogen and oxygen atoms in total. The topological polar surface area (TPSA) is 29.1 Å². The Morgan fingerprint density at radius 3 is 2.25 bits per heavy atom. The van der Waals surface area contributed by atoms with E-state index in [4.69, 9.17) is 0 Å². The second kappa shape index (κ2) is 6.15. The van der Waals surface area contributed by atoms with Crippen LogP contribution in [0.3, 0.4) is 0 Å². The number of benzene rings is 2. The Balaban J connectivity index is 2.07. The van der Waals surface area contributed by atoms with Crippen LogP contribution in [0.5, 0.6) is 0 Å². The maximum Gasteiger partial charge on any atom is 0.187 e. The van der Waals surface area contributed by atoms with E-state index in [1.54, 1.807) is 31.2 Å². The molecule has 1 N–H and O–H groups in total. The molecule has 102 valence electrons. The summed E-state index contributed by atoms with van der Waals surface area (Å²) < 4.78 is 12.8. The van der Waals surface area contributed by atoms with Gasteiger partial charge in [0.1, 0.15) is 5.82 Å². The van der Waals surface area contributed by atoms with Crippen molar-refractivity contribution in [2.24, 2.45) is 0 Å². The molecular weight excluding hydrogens is 253 g/mol. The van der Waals surface area contributed by atoms with E-state index in [9.17, 15) is 9.18 Å². The van der Waals surface area contributed by atoms with Crippen LogP contribution in [0.4, 0.5) is 10.1 Å². The monoisotopic (exact) mass is 269 g/mol. The van der Waals surface area contributed by atoms with Crippen molar-refractivity contribution < 1.29 is 9.18 Å². The molecule has 0 radical (unpaired) electrons. The molecule has 0 heterocycles. The average Bonchev–Trinajstić information content (AvgIpc) is 2.42. The van der Waals surface area contributed by atoms with Gasteiger partial charge in [0.2, 0.25) is 0 Å². The van der Waals surface area contributed by atoms with Crippen LogP contribution in [0.15, 0.2) is 60.3 Å². The summed E-state index contributed by atoms with van der Waals surface area (Å²) in [6, 6.07) is 13.4. The molecule has 0 aromatic heterocycles. The lowest BCUT2D eigenvalue weighted by molar-refractivity contribution is 0.104. The van der Waals surface area contributed by atoms with E-state index in [0.29, 0.717) is 11.3 Å². The summed E-state index contributed by atoms with van der Waals surface area (Å²) in [4.78, 5) is 12.0. The first-order chi connectivity index (χ1) is 9.54. The molecule has 3 heteroatoms. The van der Waals surface area contributed by atoms with Crippen LogP contribution >= 0.6 is 0 Å². The molecule has 0 saturated carbocycles. The van der Waals surface area contributed by atoms with Gasteiger partial charge in [0.15, 0.2) is 5.78 Å². The summed E-state index contributed by atoms with van der Waals surface area (Å²) in [5, 5.41) is 3.05. The number of aryl methyl sites for hydroxylation is 1. The van der Waals surface area contributed by atoms with E-state index in [1.807, 2.05) is 19.1 Å². The zero-order valence-electron chi connectivity index (χ0n) is 11.5. The molecule has 0 unspecified atom stereocenters. The first-order valence-corrected chi connectivity index (χ1v) is 6.36. The molecule has 2 aromatic carbocycles. The highest BCUT2D eigenvalue weighted by molar-refractivity contribution is 6.05. The number of hydrogen-bond donors (Lipinski definition) is 1. The summed E-state index contributed by atoms with van der Waals surface area (Å²) in [6.45, 7) is 3.78. The maximum atomic E-state index is 12.8. The minimum atomic E-state index is -0.284. The van der Waals surface area contributed by atoms with Crippen LogP contribution in [0, 0.1) is 12.7 Å². The quantitative estimate of drug-likeness (QED) is 0.661. The third kappa shape index (κ3) is 3.79. The van der Waals surface area contributed by atoms with Crippen molar-refractivity contribution in [1.29, 1.82) is 0 Å². The number of nitrogens with one attached hydrogen (secondary N) is 1. The standard InChI is InChI=1S/C17H16FNO/c1-12-3-5-14(6-4-12)17(20)11-13(2)19-16-9-7-15(18)8-10-16/h3-11,19H,1-2H3. The smallest absolute Gasteiger partial charge is 0.187 e. The fourth-order valence-electron chi connectivity index (χ4n) is 1.79. The normalized spacial score (nSPS) is 11.2. The van der Waals surface area contributed by atoms with E-state index >= 15 is 0 Å². The highest BCUT2D eigenvalue weighted by Crippen LogP contribution is 2.12. The summed E-state index contributed by atoms with van der Waals surface area (Å²) in [5.41, 5.74) is 3.22. The van der Waals surface area contributed by atoms with Gasteiger partial charge in [-0.25, -0.2) is 4.39 Å². The molecular formula is C17H16FNO. The number of allylic oxidation sites excluding steroid dienone is 2. The van der Waals surface area contributed by atoms with Crippen molar-refractivity contribution in [3.63, 3.8) is 0 Å². The minimum absolute atomic E-state index is 0.0582. The van der Waals surface area contributed by atoms with E-state index in [0.717, 1.165) is 11.3 Å². The fourth-order valence-corrected chi connectivity index (χ4v) is 1.79. The maximum absolute atomic E-state index is 12.8. The van der Waals surface area contributed by atoms with E-state index < -0.39 is 0 Å². The SMILES string of the molecule is CC(=CC(=O)c1ccc(C)cc1)Nc1ccc(F)cc1. The lowest BCUT2D eigenvalue weighted by Gasteiger charge is -2.06. The number of carbonyl (C=O) groups is 1. The van der Waals surface area contributed by atoms with Gasteiger partial charge in [-0.3, -0.25) is 4.79 Å². The van der Waals surface area contributed by atoms with E-state index in [-0.39, 0.29) is 11.6 Å². The Kier molecular flexibility index (Phi) is 4.31. The molecule has 0 aliphatic carbocycles. The first kappa shape index (κ1) is 14.0. The number of halogens is 1. The molecule has 0 aliphatic heterocycles. The minimum Gasteiger partial charge on any atom is -0.359 e. The zero-order chi connectivity index (χ0) is 14.5. The molecule has 20 heavy (non-hydrogen) atoms. The highest BCUT2D eigenvalue weighted by Gasteiger charge is 2.03. The molecule has 0 aliphatic rings. The summed E-state index contributed by atoms with van der Waals surface area (Å²) >= 11 is 0.